The molecule has 7 nitrogen and oxygen atoms in total. The Kier molecular flexibility index (Phi) is 8.78. The van der Waals surface area contributed by atoms with Crippen molar-refractivity contribution >= 4 is 17.8 Å². The van der Waals surface area contributed by atoms with Crippen molar-refractivity contribution in [3.63, 3.8) is 0 Å². The Bertz CT molecular complexity index is 651. The fraction of sp³-hybridized carbons (Fsp3) is 0.571. The van der Waals surface area contributed by atoms with Gasteiger partial charge in [-0.2, -0.15) is 0 Å². The minimum Gasteiger partial charge on any atom is -0.494 e. The summed E-state index contributed by atoms with van der Waals surface area (Å²) in [4.78, 5) is 37.6. The van der Waals surface area contributed by atoms with Crippen LogP contribution in [0, 0.1) is 0 Å². The Balaban J connectivity index is 1.69. The van der Waals surface area contributed by atoms with E-state index in [-0.39, 0.29) is 36.7 Å². The first-order chi connectivity index (χ1) is 13.5. The summed E-state index contributed by atoms with van der Waals surface area (Å²) in [7, 11) is 0. The molecule has 1 heterocycles. The molecule has 0 bridgehead atoms. The van der Waals surface area contributed by atoms with Crippen LogP contribution in [0.25, 0.3) is 0 Å². The fourth-order valence-electron chi connectivity index (χ4n) is 3.21. The number of piperidine rings is 1. The van der Waals surface area contributed by atoms with Gasteiger partial charge in [-0.15, -0.1) is 0 Å². The van der Waals surface area contributed by atoms with Gasteiger partial charge in [0.25, 0.3) is 0 Å². The van der Waals surface area contributed by atoms with Crippen molar-refractivity contribution in [2.75, 3.05) is 26.3 Å². The first kappa shape index (κ1) is 21.7. The molecule has 0 saturated carbocycles. The maximum atomic E-state index is 12.3. The Hall–Kier alpha value is -2.57. The van der Waals surface area contributed by atoms with Crippen LogP contribution in [0.5, 0.6) is 5.75 Å². The van der Waals surface area contributed by atoms with Gasteiger partial charge in [-0.3, -0.25) is 14.4 Å². The van der Waals surface area contributed by atoms with Gasteiger partial charge < -0.3 is 19.7 Å². The van der Waals surface area contributed by atoms with Crippen molar-refractivity contribution in [1.82, 2.24) is 10.2 Å². The minimum atomic E-state index is -0.340. The third-order valence-corrected chi connectivity index (χ3v) is 4.66. The molecule has 0 radical (unpaired) electrons. The van der Waals surface area contributed by atoms with Crippen LogP contribution in [0.3, 0.4) is 0 Å². The summed E-state index contributed by atoms with van der Waals surface area (Å²) < 4.78 is 10.2. The summed E-state index contributed by atoms with van der Waals surface area (Å²) >= 11 is 0. The summed E-state index contributed by atoms with van der Waals surface area (Å²) in [5.74, 6) is 0.405. The zero-order valence-electron chi connectivity index (χ0n) is 16.7. The van der Waals surface area contributed by atoms with Crippen LogP contribution < -0.4 is 10.1 Å². The van der Waals surface area contributed by atoms with Crippen LogP contribution in [-0.4, -0.2) is 55.0 Å². The van der Waals surface area contributed by atoms with Crippen molar-refractivity contribution in [2.45, 2.75) is 52.0 Å². The van der Waals surface area contributed by atoms with Gasteiger partial charge in [0.1, 0.15) is 5.75 Å². The summed E-state index contributed by atoms with van der Waals surface area (Å²) in [6, 6.07) is 7.60. The van der Waals surface area contributed by atoms with E-state index in [1.165, 1.54) is 0 Å². The standard InChI is InChI=1S/C21H30N2O5/c1-3-27-18-7-5-16(6-8-18)15-19(24)22-17-11-13-23(14-12-17)20(25)9-10-21(26)28-4-2/h5-8,17H,3-4,9-15H2,1-2H3,(H,22,24). The molecular formula is C21H30N2O5. The van der Waals surface area contributed by atoms with Gasteiger partial charge >= 0.3 is 5.97 Å². The number of amides is 2. The van der Waals surface area contributed by atoms with Crippen LogP contribution in [0.15, 0.2) is 24.3 Å². The predicted molar refractivity (Wildman–Crippen MR) is 105 cm³/mol. The number of nitrogens with one attached hydrogen (secondary N) is 1. The van der Waals surface area contributed by atoms with Gasteiger partial charge in [0, 0.05) is 25.6 Å². The third-order valence-electron chi connectivity index (χ3n) is 4.66. The smallest absolute Gasteiger partial charge is 0.306 e. The Morgan fingerprint density at radius 2 is 1.71 bits per heavy atom. The van der Waals surface area contributed by atoms with Crippen molar-refractivity contribution in [2.24, 2.45) is 0 Å². The van der Waals surface area contributed by atoms with E-state index in [1.807, 2.05) is 31.2 Å². The molecule has 0 unspecified atom stereocenters. The van der Waals surface area contributed by atoms with E-state index >= 15 is 0 Å². The molecule has 1 aliphatic heterocycles. The highest BCUT2D eigenvalue weighted by molar-refractivity contribution is 5.81. The Morgan fingerprint density at radius 3 is 2.32 bits per heavy atom. The molecule has 0 atom stereocenters. The number of hydrogen-bond donors (Lipinski definition) is 1. The molecule has 1 aliphatic rings. The maximum absolute atomic E-state index is 12.3. The van der Waals surface area contributed by atoms with Crippen LogP contribution in [0.4, 0.5) is 0 Å². The van der Waals surface area contributed by atoms with Crippen molar-refractivity contribution < 1.29 is 23.9 Å². The minimum absolute atomic E-state index is 0.0174. The Labute approximate surface area is 166 Å². The van der Waals surface area contributed by atoms with Crippen molar-refractivity contribution in [1.29, 1.82) is 0 Å². The lowest BCUT2D eigenvalue weighted by Crippen LogP contribution is -2.46. The molecule has 28 heavy (non-hydrogen) atoms. The second kappa shape index (κ2) is 11.3. The normalized spacial score (nSPS) is 14.4. The van der Waals surface area contributed by atoms with Crippen molar-refractivity contribution in [3.8, 4) is 5.75 Å². The van der Waals surface area contributed by atoms with E-state index in [2.05, 4.69) is 5.32 Å². The molecule has 1 aromatic rings. The second-order valence-electron chi connectivity index (χ2n) is 6.78. The number of hydrogen-bond acceptors (Lipinski definition) is 5. The van der Waals surface area contributed by atoms with E-state index in [9.17, 15) is 14.4 Å². The average Bonchev–Trinajstić information content (AvgIpc) is 2.68. The largest absolute Gasteiger partial charge is 0.494 e. The zero-order chi connectivity index (χ0) is 20.4. The summed E-state index contributed by atoms with van der Waals surface area (Å²) in [5.41, 5.74) is 0.938. The Morgan fingerprint density at radius 1 is 1.04 bits per heavy atom. The number of likely N-dealkylation sites (tertiary alicyclic amines) is 1. The molecule has 7 heteroatoms. The molecule has 2 rings (SSSR count). The number of benzene rings is 1. The lowest BCUT2D eigenvalue weighted by molar-refractivity contribution is -0.146. The number of rotatable bonds is 9. The summed E-state index contributed by atoms with van der Waals surface area (Å²) in [6.07, 6.45) is 2.06. The fourth-order valence-corrected chi connectivity index (χ4v) is 3.21. The molecular weight excluding hydrogens is 360 g/mol. The molecule has 1 N–H and O–H groups in total. The van der Waals surface area contributed by atoms with Crippen LogP contribution >= 0.6 is 0 Å². The maximum Gasteiger partial charge on any atom is 0.306 e. The lowest BCUT2D eigenvalue weighted by atomic mass is 10.0. The van der Waals surface area contributed by atoms with Crippen LogP contribution in [-0.2, 0) is 25.5 Å². The molecule has 0 aromatic heterocycles. The lowest BCUT2D eigenvalue weighted by Gasteiger charge is -2.32. The molecule has 0 spiro atoms. The van der Waals surface area contributed by atoms with Gasteiger partial charge in [-0.1, -0.05) is 12.1 Å². The summed E-state index contributed by atoms with van der Waals surface area (Å²) in [5, 5.41) is 3.05. The monoisotopic (exact) mass is 390 g/mol. The molecule has 0 aliphatic carbocycles. The SMILES string of the molecule is CCOC(=O)CCC(=O)N1CCC(NC(=O)Cc2ccc(OCC)cc2)CC1. The molecule has 1 aromatic carbocycles. The zero-order valence-corrected chi connectivity index (χ0v) is 16.7. The molecule has 1 fully saturated rings. The second-order valence-corrected chi connectivity index (χ2v) is 6.78. The van der Waals surface area contributed by atoms with Gasteiger partial charge in [0.05, 0.1) is 26.1 Å². The van der Waals surface area contributed by atoms with E-state index in [1.54, 1.807) is 11.8 Å². The van der Waals surface area contributed by atoms with Gasteiger partial charge in [-0.25, -0.2) is 0 Å². The highest BCUT2D eigenvalue weighted by Crippen LogP contribution is 2.14. The first-order valence-electron chi connectivity index (χ1n) is 9.96. The number of esters is 1. The highest BCUT2D eigenvalue weighted by Gasteiger charge is 2.24. The molecule has 2 amide bonds. The predicted octanol–water partition coefficient (Wildman–Crippen LogP) is 2.08. The van der Waals surface area contributed by atoms with E-state index in [4.69, 9.17) is 9.47 Å². The summed E-state index contributed by atoms with van der Waals surface area (Å²) in [6.45, 7) is 5.80. The van der Waals surface area contributed by atoms with Crippen LogP contribution in [0.2, 0.25) is 0 Å². The van der Waals surface area contributed by atoms with E-state index in [0.717, 1.165) is 24.2 Å². The number of carbonyl (C=O) groups is 3. The first-order valence-corrected chi connectivity index (χ1v) is 9.96. The average molecular weight is 390 g/mol. The quantitative estimate of drug-likeness (QED) is 0.653. The molecule has 154 valence electrons. The van der Waals surface area contributed by atoms with Gasteiger partial charge in [0.2, 0.25) is 11.8 Å². The van der Waals surface area contributed by atoms with Gasteiger partial charge in [0.15, 0.2) is 0 Å². The van der Waals surface area contributed by atoms with E-state index < -0.39 is 0 Å². The van der Waals surface area contributed by atoms with E-state index in [0.29, 0.717) is 32.7 Å². The number of ether oxygens (including phenoxy) is 2. The molecule has 1 saturated heterocycles. The highest BCUT2D eigenvalue weighted by atomic mass is 16.5. The third kappa shape index (κ3) is 7.21. The van der Waals surface area contributed by atoms with Crippen molar-refractivity contribution in [3.05, 3.63) is 29.8 Å². The topological polar surface area (TPSA) is 84.9 Å². The number of carbonyl (C=O) groups excluding carboxylic acids is 3. The van der Waals surface area contributed by atoms with Gasteiger partial charge in [-0.05, 0) is 44.4 Å². The number of nitrogens with zero attached hydrogens (tertiary/aromatic N) is 1. The van der Waals surface area contributed by atoms with Crippen LogP contribution in [0.1, 0.15) is 45.1 Å².